The van der Waals surface area contributed by atoms with Gasteiger partial charge in [0.05, 0.1) is 28.6 Å². The number of rotatable bonds is 8. The van der Waals surface area contributed by atoms with Crippen molar-refractivity contribution in [2.45, 2.75) is 39.0 Å². The molecule has 3 aromatic heterocycles. The maximum atomic E-state index is 5.18. The highest BCUT2D eigenvalue weighted by Gasteiger charge is 2.34. The molecule has 3 heterocycles. The summed E-state index contributed by atoms with van der Waals surface area (Å²) in [4.78, 5) is 11.8. The maximum Gasteiger partial charge on any atom is 0.0945 e. The van der Waals surface area contributed by atoms with E-state index >= 15 is 0 Å². The molecule has 1 atom stereocenters. The lowest BCUT2D eigenvalue weighted by molar-refractivity contribution is 0.626. The molecule has 0 radical (unpaired) electrons. The number of fused-ring (bicyclic) bond motifs is 1. The molecular formula is C36H38N6. The molecule has 3 aromatic carbocycles. The van der Waals surface area contributed by atoms with E-state index in [9.17, 15) is 0 Å². The van der Waals surface area contributed by atoms with Gasteiger partial charge in [0, 0.05) is 56.5 Å². The van der Waals surface area contributed by atoms with Gasteiger partial charge < -0.3 is 9.47 Å². The fraction of sp³-hybridized carbons (Fsp3) is 0.250. The Bertz CT molecular complexity index is 1830. The van der Waals surface area contributed by atoms with Crippen LogP contribution in [0.3, 0.4) is 0 Å². The molecule has 6 heteroatoms. The van der Waals surface area contributed by atoms with Crippen molar-refractivity contribution in [3.8, 4) is 5.69 Å². The third-order valence-corrected chi connectivity index (χ3v) is 8.75. The average Bonchev–Trinajstić information content (AvgIpc) is 3.71. The Balaban J connectivity index is 1.46. The van der Waals surface area contributed by atoms with E-state index in [0.717, 1.165) is 35.4 Å². The van der Waals surface area contributed by atoms with Crippen LogP contribution < -0.4 is 4.90 Å². The summed E-state index contributed by atoms with van der Waals surface area (Å²) < 4.78 is 4.02. The van der Waals surface area contributed by atoms with Gasteiger partial charge in [-0.3, -0.25) is 4.98 Å². The van der Waals surface area contributed by atoms with Crippen molar-refractivity contribution >= 4 is 16.6 Å². The van der Waals surface area contributed by atoms with E-state index in [1.165, 1.54) is 38.9 Å². The Hall–Kier alpha value is -4.71. The van der Waals surface area contributed by atoms with Crippen LogP contribution in [0.1, 0.15) is 53.1 Å². The molecular weight excluding hydrogens is 516 g/mol. The highest BCUT2D eigenvalue weighted by molar-refractivity contribution is 5.85. The minimum Gasteiger partial charge on any atom is -0.378 e. The van der Waals surface area contributed by atoms with Gasteiger partial charge in [0.1, 0.15) is 0 Å². The van der Waals surface area contributed by atoms with E-state index in [0.29, 0.717) is 0 Å². The molecule has 0 aliphatic carbocycles. The fourth-order valence-corrected chi connectivity index (χ4v) is 6.15. The predicted molar refractivity (Wildman–Crippen MR) is 172 cm³/mol. The molecule has 6 rings (SSSR count). The van der Waals surface area contributed by atoms with Gasteiger partial charge in [0.2, 0.25) is 0 Å². The summed E-state index contributed by atoms with van der Waals surface area (Å²) in [7, 11) is 6.22. The lowest BCUT2D eigenvalue weighted by Gasteiger charge is -2.32. The van der Waals surface area contributed by atoms with E-state index in [1.807, 2.05) is 29.5 Å². The Morgan fingerprint density at radius 1 is 0.929 bits per heavy atom. The van der Waals surface area contributed by atoms with Crippen LogP contribution in [-0.2, 0) is 25.3 Å². The van der Waals surface area contributed by atoms with Crippen LogP contribution in [0.25, 0.3) is 16.6 Å². The lowest BCUT2D eigenvalue weighted by atomic mass is 9.73. The van der Waals surface area contributed by atoms with E-state index in [2.05, 4.69) is 128 Å². The van der Waals surface area contributed by atoms with Crippen molar-refractivity contribution < 1.29 is 0 Å². The molecule has 0 bridgehead atoms. The standard InChI is InChI=1S/C36H38N6/c1-7-33-31(21-26-9-14-30(15-10-26)42-20-8-19-38-42)25(2)32-22-28(13-18-34(32)39-33)36(3,35-23-37-24-41(35)6)27-11-16-29(17-12-27)40(4)5/h8-20,22-24H,7,21H2,1-6H3. The molecule has 1 unspecified atom stereocenters. The van der Waals surface area contributed by atoms with Gasteiger partial charge in [-0.1, -0.05) is 37.3 Å². The SMILES string of the molecule is CCc1nc2ccc(C(C)(c3ccc(N(C)C)cc3)c3cncn3C)cc2c(C)c1Cc1ccc(-n2cccn2)cc1. The zero-order chi connectivity index (χ0) is 29.4. The van der Waals surface area contributed by atoms with Gasteiger partial charge in [-0.05, 0) is 97.0 Å². The largest absolute Gasteiger partial charge is 0.378 e. The van der Waals surface area contributed by atoms with Crippen molar-refractivity contribution in [1.82, 2.24) is 24.3 Å². The maximum absolute atomic E-state index is 5.18. The summed E-state index contributed by atoms with van der Waals surface area (Å²) in [6.45, 7) is 6.76. The minimum atomic E-state index is -0.400. The fourth-order valence-electron chi connectivity index (χ4n) is 6.15. The van der Waals surface area contributed by atoms with E-state index < -0.39 is 5.41 Å². The first-order valence-electron chi connectivity index (χ1n) is 14.6. The summed E-state index contributed by atoms with van der Waals surface area (Å²) in [5.41, 5.74) is 11.5. The number of benzene rings is 3. The average molecular weight is 555 g/mol. The lowest BCUT2D eigenvalue weighted by Crippen LogP contribution is -2.28. The minimum absolute atomic E-state index is 0.400. The van der Waals surface area contributed by atoms with Crippen LogP contribution in [0, 0.1) is 6.92 Å². The Morgan fingerprint density at radius 2 is 1.67 bits per heavy atom. The number of imidazole rings is 1. The first-order valence-corrected chi connectivity index (χ1v) is 14.6. The summed E-state index contributed by atoms with van der Waals surface area (Å²) in [6, 6.07) is 26.3. The molecule has 0 aliphatic rings. The summed E-state index contributed by atoms with van der Waals surface area (Å²) >= 11 is 0. The second kappa shape index (κ2) is 10.9. The third-order valence-electron chi connectivity index (χ3n) is 8.75. The number of pyridine rings is 1. The first-order chi connectivity index (χ1) is 20.3. The number of anilines is 1. The van der Waals surface area contributed by atoms with Crippen molar-refractivity contribution in [3.05, 3.63) is 137 Å². The molecule has 42 heavy (non-hydrogen) atoms. The summed E-state index contributed by atoms with van der Waals surface area (Å²) in [6.07, 6.45) is 9.39. The monoisotopic (exact) mass is 554 g/mol. The second-order valence-electron chi connectivity index (χ2n) is 11.5. The van der Waals surface area contributed by atoms with E-state index in [-0.39, 0.29) is 0 Å². The van der Waals surface area contributed by atoms with E-state index in [4.69, 9.17) is 4.98 Å². The number of nitrogens with zero attached hydrogens (tertiary/aromatic N) is 6. The van der Waals surface area contributed by atoms with Gasteiger partial charge in [-0.2, -0.15) is 5.10 Å². The zero-order valence-electron chi connectivity index (χ0n) is 25.3. The number of hydrogen-bond acceptors (Lipinski definition) is 4. The Morgan fingerprint density at radius 3 is 2.29 bits per heavy atom. The molecule has 0 amide bonds. The number of aromatic nitrogens is 5. The van der Waals surface area contributed by atoms with Gasteiger partial charge in [-0.25, -0.2) is 9.67 Å². The molecule has 6 nitrogen and oxygen atoms in total. The molecule has 0 spiro atoms. The summed E-state index contributed by atoms with van der Waals surface area (Å²) in [5, 5.41) is 5.56. The molecule has 212 valence electrons. The van der Waals surface area contributed by atoms with Crippen LogP contribution in [-0.4, -0.2) is 38.4 Å². The number of hydrogen-bond donors (Lipinski definition) is 0. The summed E-state index contributed by atoms with van der Waals surface area (Å²) in [5.74, 6) is 0. The van der Waals surface area contributed by atoms with Crippen molar-refractivity contribution in [2.24, 2.45) is 7.05 Å². The quantitative estimate of drug-likeness (QED) is 0.203. The van der Waals surface area contributed by atoms with Gasteiger partial charge >= 0.3 is 0 Å². The van der Waals surface area contributed by atoms with Crippen LogP contribution in [0.15, 0.2) is 97.7 Å². The van der Waals surface area contributed by atoms with Crippen LogP contribution in [0.5, 0.6) is 0 Å². The molecule has 0 saturated carbocycles. The van der Waals surface area contributed by atoms with Crippen molar-refractivity contribution in [1.29, 1.82) is 0 Å². The van der Waals surface area contributed by atoms with Gasteiger partial charge in [0.15, 0.2) is 0 Å². The smallest absolute Gasteiger partial charge is 0.0945 e. The van der Waals surface area contributed by atoms with Crippen LogP contribution >= 0.6 is 0 Å². The highest BCUT2D eigenvalue weighted by atomic mass is 15.3. The molecule has 0 fully saturated rings. The second-order valence-corrected chi connectivity index (χ2v) is 11.5. The third kappa shape index (κ3) is 4.77. The highest BCUT2D eigenvalue weighted by Crippen LogP contribution is 2.41. The van der Waals surface area contributed by atoms with Gasteiger partial charge in [-0.15, -0.1) is 0 Å². The van der Waals surface area contributed by atoms with Crippen LogP contribution in [0.4, 0.5) is 5.69 Å². The Labute approximate surface area is 248 Å². The molecule has 0 saturated heterocycles. The van der Waals surface area contributed by atoms with E-state index in [1.54, 1.807) is 6.20 Å². The number of aryl methyl sites for hydroxylation is 3. The first kappa shape index (κ1) is 27.5. The molecule has 6 aromatic rings. The van der Waals surface area contributed by atoms with Crippen molar-refractivity contribution in [3.63, 3.8) is 0 Å². The Kier molecular flexibility index (Phi) is 7.15. The van der Waals surface area contributed by atoms with Gasteiger partial charge in [0.25, 0.3) is 0 Å². The zero-order valence-corrected chi connectivity index (χ0v) is 25.3. The molecule has 0 N–H and O–H groups in total. The topological polar surface area (TPSA) is 51.8 Å². The van der Waals surface area contributed by atoms with Crippen molar-refractivity contribution in [2.75, 3.05) is 19.0 Å². The van der Waals surface area contributed by atoms with Crippen LogP contribution in [0.2, 0.25) is 0 Å². The normalized spacial score (nSPS) is 12.9. The predicted octanol–water partition coefficient (Wildman–Crippen LogP) is 7.04. The molecule has 0 aliphatic heterocycles.